The second-order valence-corrected chi connectivity index (χ2v) is 6.95. The lowest BCUT2D eigenvalue weighted by atomic mass is 9.52. The van der Waals surface area contributed by atoms with Crippen molar-refractivity contribution in [1.82, 2.24) is 4.57 Å². The first kappa shape index (κ1) is 11.6. The van der Waals surface area contributed by atoms with Gasteiger partial charge in [-0.3, -0.25) is 0 Å². The van der Waals surface area contributed by atoms with E-state index in [0.29, 0.717) is 5.69 Å². The van der Waals surface area contributed by atoms with Gasteiger partial charge in [0, 0.05) is 12.7 Å². The van der Waals surface area contributed by atoms with Crippen molar-refractivity contribution < 1.29 is 9.90 Å². The zero-order valence-electron chi connectivity index (χ0n) is 11.2. The van der Waals surface area contributed by atoms with Crippen molar-refractivity contribution in [2.24, 2.45) is 29.6 Å². The van der Waals surface area contributed by atoms with E-state index < -0.39 is 5.97 Å². The van der Waals surface area contributed by atoms with E-state index in [2.05, 4.69) is 0 Å². The van der Waals surface area contributed by atoms with Gasteiger partial charge in [0.25, 0.3) is 0 Å². The van der Waals surface area contributed by atoms with E-state index in [1.807, 2.05) is 16.8 Å². The molecular formula is C16H21NO2. The molecule has 0 atom stereocenters. The van der Waals surface area contributed by atoms with Crippen molar-refractivity contribution in [2.45, 2.75) is 38.6 Å². The lowest BCUT2D eigenvalue weighted by Gasteiger charge is -2.54. The Hall–Kier alpha value is -1.25. The highest BCUT2D eigenvalue weighted by molar-refractivity contribution is 5.85. The molecule has 102 valence electrons. The van der Waals surface area contributed by atoms with Crippen molar-refractivity contribution in [3.8, 4) is 0 Å². The topological polar surface area (TPSA) is 42.2 Å². The molecule has 0 amide bonds. The zero-order chi connectivity index (χ0) is 13.0. The molecule has 0 aliphatic heterocycles. The van der Waals surface area contributed by atoms with E-state index in [4.69, 9.17) is 0 Å². The van der Waals surface area contributed by atoms with Crippen LogP contribution in [0.3, 0.4) is 0 Å². The molecule has 1 N–H and O–H groups in total. The van der Waals surface area contributed by atoms with Crippen molar-refractivity contribution in [2.75, 3.05) is 0 Å². The summed E-state index contributed by atoms with van der Waals surface area (Å²) in [6, 6.07) is 3.58. The van der Waals surface area contributed by atoms with Crippen molar-refractivity contribution in [3.05, 3.63) is 24.0 Å². The van der Waals surface area contributed by atoms with Gasteiger partial charge in [-0.2, -0.15) is 0 Å². The zero-order valence-corrected chi connectivity index (χ0v) is 11.2. The third-order valence-electron chi connectivity index (χ3n) is 5.88. The van der Waals surface area contributed by atoms with Gasteiger partial charge in [-0.1, -0.05) is 0 Å². The Bertz CT molecular complexity index is 477. The Balaban J connectivity index is 1.57. The quantitative estimate of drug-likeness (QED) is 0.905. The number of aromatic nitrogens is 1. The molecule has 4 aliphatic rings. The summed E-state index contributed by atoms with van der Waals surface area (Å²) in [7, 11) is 0. The highest BCUT2D eigenvalue weighted by Gasteiger charge is 2.48. The molecule has 4 bridgehead atoms. The van der Waals surface area contributed by atoms with Crippen LogP contribution in [0.15, 0.2) is 18.3 Å². The molecule has 4 aliphatic carbocycles. The average molecular weight is 259 g/mol. The van der Waals surface area contributed by atoms with Gasteiger partial charge >= 0.3 is 5.97 Å². The SMILES string of the molecule is O=C(O)c1cccn1CC1C2CC3CC(C2)CC1C3. The normalized spacial score (nSPS) is 39.7. The van der Waals surface area contributed by atoms with Crippen LogP contribution in [0, 0.1) is 29.6 Å². The molecule has 3 heteroatoms. The molecule has 3 nitrogen and oxygen atoms in total. The van der Waals surface area contributed by atoms with Crippen LogP contribution >= 0.6 is 0 Å². The highest BCUT2D eigenvalue weighted by Crippen LogP contribution is 2.56. The summed E-state index contributed by atoms with van der Waals surface area (Å²) < 4.78 is 1.97. The fourth-order valence-electron chi connectivity index (χ4n) is 5.33. The van der Waals surface area contributed by atoms with Crippen molar-refractivity contribution in [1.29, 1.82) is 0 Å². The monoisotopic (exact) mass is 259 g/mol. The number of carboxylic acids is 1. The Kier molecular flexibility index (Phi) is 2.51. The van der Waals surface area contributed by atoms with E-state index in [1.165, 1.54) is 32.1 Å². The molecule has 19 heavy (non-hydrogen) atoms. The Morgan fingerprint density at radius 2 is 1.79 bits per heavy atom. The summed E-state index contributed by atoms with van der Waals surface area (Å²) in [5.41, 5.74) is 0.453. The summed E-state index contributed by atoms with van der Waals surface area (Å²) in [5.74, 6) is 3.62. The molecule has 1 heterocycles. The van der Waals surface area contributed by atoms with Gasteiger partial charge in [0.05, 0.1) is 0 Å². The summed E-state index contributed by atoms with van der Waals surface area (Å²) in [6.07, 6.45) is 9.03. The van der Waals surface area contributed by atoms with Gasteiger partial charge in [-0.25, -0.2) is 4.79 Å². The van der Waals surface area contributed by atoms with E-state index in [1.54, 1.807) is 6.07 Å². The van der Waals surface area contributed by atoms with Crippen molar-refractivity contribution in [3.63, 3.8) is 0 Å². The minimum Gasteiger partial charge on any atom is -0.477 e. The fraction of sp³-hybridized carbons (Fsp3) is 0.688. The van der Waals surface area contributed by atoms with Gasteiger partial charge in [-0.05, 0) is 73.8 Å². The minimum absolute atomic E-state index is 0.453. The van der Waals surface area contributed by atoms with Gasteiger partial charge in [0.15, 0.2) is 0 Å². The van der Waals surface area contributed by atoms with Crippen LogP contribution < -0.4 is 0 Å². The molecule has 5 rings (SSSR count). The summed E-state index contributed by atoms with van der Waals surface area (Å²) in [5, 5.41) is 9.22. The Labute approximate surface area is 113 Å². The smallest absolute Gasteiger partial charge is 0.352 e. The van der Waals surface area contributed by atoms with Gasteiger partial charge < -0.3 is 9.67 Å². The first-order valence-corrected chi connectivity index (χ1v) is 7.59. The first-order valence-electron chi connectivity index (χ1n) is 7.59. The molecule has 0 unspecified atom stereocenters. The molecular weight excluding hydrogens is 238 g/mol. The number of carboxylic acid groups (broad SMARTS) is 1. The van der Waals surface area contributed by atoms with Crippen LogP contribution in [0.25, 0.3) is 0 Å². The van der Waals surface area contributed by atoms with E-state index in [9.17, 15) is 9.90 Å². The van der Waals surface area contributed by atoms with Crippen molar-refractivity contribution >= 4 is 5.97 Å². The van der Waals surface area contributed by atoms with Gasteiger partial charge in [0.1, 0.15) is 5.69 Å². The third kappa shape index (κ3) is 1.82. The average Bonchev–Trinajstić information content (AvgIpc) is 2.81. The van der Waals surface area contributed by atoms with Crippen LogP contribution in [-0.4, -0.2) is 15.6 Å². The molecule has 4 saturated carbocycles. The highest BCUT2D eigenvalue weighted by atomic mass is 16.4. The summed E-state index contributed by atoms with van der Waals surface area (Å²) >= 11 is 0. The summed E-state index contributed by atoms with van der Waals surface area (Å²) in [6.45, 7) is 0.920. The molecule has 0 aromatic carbocycles. The Morgan fingerprint density at radius 3 is 2.37 bits per heavy atom. The predicted octanol–water partition coefficient (Wildman–Crippen LogP) is 3.26. The maximum Gasteiger partial charge on any atom is 0.352 e. The molecule has 0 saturated heterocycles. The molecule has 0 spiro atoms. The van der Waals surface area contributed by atoms with E-state index >= 15 is 0 Å². The van der Waals surface area contributed by atoms with Crippen LogP contribution in [0.2, 0.25) is 0 Å². The maximum atomic E-state index is 11.2. The predicted molar refractivity (Wildman–Crippen MR) is 71.9 cm³/mol. The van der Waals surface area contributed by atoms with Crippen LogP contribution in [0.1, 0.15) is 42.6 Å². The van der Waals surface area contributed by atoms with E-state index in [0.717, 1.165) is 36.1 Å². The number of nitrogens with zero attached hydrogens (tertiary/aromatic N) is 1. The third-order valence-corrected chi connectivity index (χ3v) is 5.88. The molecule has 4 fully saturated rings. The first-order chi connectivity index (χ1) is 9.20. The lowest BCUT2D eigenvalue weighted by molar-refractivity contribution is -0.0432. The largest absolute Gasteiger partial charge is 0.477 e. The number of hydrogen-bond donors (Lipinski definition) is 1. The summed E-state index contributed by atoms with van der Waals surface area (Å²) in [4.78, 5) is 11.2. The van der Waals surface area contributed by atoms with Gasteiger partial charge in [-0.15, -0.1) is 0 Å². The van der Waals surface area contributed by atoms with Crippen LogP contribution in [-0.2, 0) is 6.54 Å². The number of aromatic carboxylic acids is 1. The standard InChI is InChI=1S/C16H21NO2/c18-16(19)15-2-1-3-17(15)9-14-12-5-10-4-11(7-12)8-13(14)6-10/h1-3,10-14H,4-9H2,(H,18,19). The molecule has 0 radical (unpaired) electrons. The second kappa shape index (κ2) is 4.12. The number of hydrogen-bond acceptors (Lipinski definition) is 1. The molecule has 1 aromatic heterocycles. The Morgan fingerprint density at radius 1 is 1.16 bits per heavy atom. The van der Waals surface area contributed by atoms with Gasteiger partial charge in [0.2, 0.25) is 0 Å². The van der Waals surface area contributed by atoms with Crippen LogP contribution in [0.4, 0.5) is 0 Å². The van der Waals surface area contributed by atoms with Crippen LogP contribution in [0.5, 0.6) is 0 Å². The molecule has 1 aromatic rings. The fourth-order valence-corrected chi connectivity index (χ4v) is 5.33. The number of rotatable bonds is 3. The van der Waals surface area contributed by atoms with E-state index in [-0.39, 0.29) is 0 Å². The maximum absolute atomic E-state index is 11.2. The number of carbonyl (C=O) groups is 1. The second-order valence-electron chi connectivity index (χ2n) is 6.95. The minimum atomic E-state index is -0.797. The lowest BCUT2D eigenvalue weighted by Crippen LogP contribution is -2.46.